The first-order valence-corrected chi connectivity index (χ1v) is 6.49. The highest BCUT2D eigenvalue weighted by Gasteiger charge is 2.31. The third-order valence-electron chi connectivity index (χ3n) is 3.51. The number of carbonyl (C=O) groups is 2. The first-order chi connectivity index (χ1) is 9.47. The Morgan fingerprint density at radius 2 is 1.90 bits per heavy atom. The van der Waals surface area contributed by atoms with Crippen LogP contribution >= 0.6 is 0 Å². The van der Waals surface area contributed by atoms with Crippen LogP contribution in [-0.2, 0) is 9.59 Å². The lowest BCUT2D eigenvalue weighted by Crippen LogP contribution is -2.57. The lowest BCUT2D eigenvalue weighted by Gasteiger charge is -2.38. The predicted molar refractivity (Wildman–Crippen MR) is 73.7 cm³/mol. The number of nitrogens with zero attached hydrogens (tertiary/aromatic N) is 2. The van der Waals surface area contributed by atoms with Gasteiger partial charge in [0.1, 0.15) is 11.9 Å². The number of hydrogen-bond acceptors (Lipinski definition) is 3. The molecule has 1 saturated heterocycles. The highest BCUT2D eigenvalue weighted by Crippen LogP contribution is 2.13. The fourth-order valence-corrected chi connectivity index (χ4v) is 2.20. The lowest BCUT2D eigenvalue weighted by molar-refractivity contribution is -0.134. The lowest BCUT2D eigenvalue weighted by atomic mass is 10.1. The van der Waals surface area contributed by atoms with Crippen LogP contribution in [0.25, 0.3) is 0 Å². The van der Waals surface area contributed by atoms with Crippen molar-refractivity contribution in [3.8, 4) is 0 Å². The van der Waals surface area contributed by atoms with E-state index in [2.05, 4.69) is 5.32 Å². The number of rotatable bonds is 2. The second-order valence-electron chi connectivity index (χ2n) is 4.96. The fourth-order valence-electron chi connectivity index (χ4n) is 2.20. The molecule has 1 aliphatic rings. The van der Waals surface area contributed by atoms with Crippen molar-refractivity contribution in [2.24, 2.45) is 0 Å². The maximum atomic E-state index is 12.8. The highest BCUT2D eigenvalue weighted by molar-refractivity contribution is 5.95. The average Bonchev–Trinajstić information content (AvgIpc) is 2.41. The number of nitrogens with one attached hydrogen (secondary N) is 1. The van der Waals surface area contributed by atoms with Crippen LogP contribution in [0.3, 0.4) is 0 Å². The molecule has 0 bridgehead atoms. The summed E-state index contributed by atoms with van der Waals surface area (Å²) in [5.74, 6) is -0.566. The van der Waals surface area contributed by atoms with Gasteiger partial charge in [-0.1, -0.05) is 0 Å². The summed E-state index contributed by atoms with van der Waals surface area (Å²) in [5, 5.41) is 2.74. The molecule has 1 aromatic carbocycles. The van der Waals surface area contributed by atoms with E-state index in [0.29, 0.717) is 25.3 Å². The van der Waals surface area contributed by atoms with Crippen molar-refractivity contribution < 1.29 is 14.0 Å². The third kappa shape index (κ3) is 3.33. The summed E-state index contributed by atoms with van der Waals surface area (Å²) >= 11 is 0. The minimum atomic E-state index is -0.391. The average molecular weight is 279 g/mol. The van der Waals surface area contributed by atoms with Gasteiger partial charge in [0.2, 0.25) is 11.8 Å². The van der Waals surface area contributed by atoms with Gasteiger partial charge in [-0.25, -0.2) is 4.39 Å². The van der Waals surface area contributed by atoms with Crippen molar-refractivity contribution in [3.05, 3.63) is 30.1 Å². The Hall–Kier alpha value is -1.95. The van der Waals surface area contributed by atoms with E-state index in [9.17, 15) is 14.0 Å². The largest absolute Gasteiger partial charge is 0.340 e. The smallest absolute Gasteiger partial charge is 0.243 e. The quantitative estimate of drug-likeness (QED) is 0.876. The molecule has 20 heavy (non-hydrogen) atoms. The number of benzene rings is 1. The van der Waals surface area contributed by atoms with E-state index in [-0.39, 0.29) is 17.6 Å². The predicted octanol–water partition coefficient (Wildman–Crippen LogP) is 0.927. The molecule has 1 aliphatic heterocycles. The molecule has 0 unspecified atom stereocenters. The molecule has 0 aromatic heterocycles. The maximum absolute atomic E-state index is 12.8. The summed E-state index contributed by atoms with van der Waals surface area (Å²) in [7, 11) is 1.85. The topological polar surface area (TPSA) is 52.7 Å². The van der Waals surface area contributed by atoms with Crippen molar-refractivity contribution in [1.82, 2.24) is 9.80 Å². The molecule has 2 rings (SSSR count). The van der Waals surface area contributed by atoms with E-state index in [0.717, 1.165) is 0 Å². The van der Waals surface area contributed by atoms with Gasteiger partial charge in [0.25, 0.3) is 0 Å². The normalized spacial score (nSPS) is 19.8. The molecular formula is C14H18FN3O2. The van der Waals surface area contributed by atoms with Crippen molar-refractivity contribution in [1.29, 1.82) is 0 Å². The van der Waals surface area contributed by atoms with E-state index >= 15 is 0 Å². The monoisotopic (exact) mass is 279 g/mol. The Bertz CT molecular complexity index is 504. The van der Waals surface area contributed by atoms with Gasteiger partial charge in [-0.2, -0.15) is 0 Å². The van der Waals surface area contributed by atoms with E-state index in [1.54, 1.807) is 4.90 Å². The summed E-state index contributed by atoms with van der Waals surface area (Å²) in [6.45, 7) is 3.16. The number of carbonyl (C=O) groups excluding carboxylic acids is 2. The summed E-state index contributed by atoms with van der Waals surface area (Å²) in [6.07, 6.45) is 0. The molecule has 6 heteroatoms. The van der Waals surface area contributed by atoms with E-state index in [1.807, 2.05) is 11.9 Å². The van der Waals surface area contributed by atoms with Gasteiger partial charge < -0.3 is 10.2 Å². The van der Waals surface area contributed by atoms with E-state index in [1.165, 1.54) is 31.2 Å². The molecule has 1 aromatic rings. The first-order valence-electron chi connectivity index (χ1n) is 6.49. The zero-order chi connectivity index (χ0) is 14.7. The zero-order valence-electron chi connectivity index (χ0n) is 11.6. The van der Waals surface area contributed by atoms with Crippen molar-refractivity contribution in [3.63, 3.8) is 0 Å². The summed E-state index contributed by atoms with van der Waals surface area (Å²) in [5.41, 5.74) is 0.546. The van der Waals surface area contributed by atoms with Gasteiger partial charge in [0.05, 0.1) is 0 Å². The second-order valence-corrected chi connectivity index (χ2v) is 4.96. The zero-order valence-corrected chi connectivity index (χ0v) is 11.6. The Balaban J connectivity index is 2.03. The number of hydrogen-bond donors (Lipinski definition) is 1. The molecule has 2 amide bonds. The van der Waals surface area contributed by atoms with Crippen LogP contribution in [0.1, 0.15) is 6.92 Å². The van der Waals surface area contributed by atoms with Crippen LogP contribution < -0.4 is 5.32 Å². The SMILES string of the molecule is CC(=O)N1CCN(C)[C@@H](C(=O)Nc2ccc(F)cc2)C1. The number of halogens is 1. The van der Waals surface area contributed by atoms with Crippen LogP contribution in [0, 0.1) is 5.82 Å². The molecule has 0 radical (unpaired) electrons. The Kier molecular flexibility index (Phi) is 4.34. The molecule has 5 nitrogen and oxygen atoms in total. The number of likely N-dealkylation sites (N-methyl/N-ethyl adjacent to an activating group) is 1. The van der Waals surface area contributed by atoms with Crippen molar-refractivity contribution >= 4 is 17.5 Å². The van der Waals surface area contributed by atoms with E-state index < -0.39 is 6.04 Å². The molecule has 0 saturated carbocycles. The summed E-state index contributed by atoms with van der Waals surface area (Å²) < 4.78 is 12.8. The first kappa shape index (κ1) is 14.5. The Labute approximate surface area is 117 Å². The number of anilines is 1. The van der Waals surface area contributed by atoms with E-state index in [4.69, 9.17) is 0 Å². The molecule has 0 aliphatic carbocycles. The summed E-state index contributed by atoms with van der Waals surface area (Å²) in [6, 6.07) is 5.22. The van der Waals surface area contributed by atoms with Gasteiger partial charge in [-0.3, -0.25) is 14.5 Å². The van der Waals surface area contributed by atoms with Crippen LogP contribution in [0.4, 0.5) is 10.1 Å². The second kappa shape index (κ2) is 6.00. The van der Waals surface area contributed by atoms with Crippen molar-refractivity contribution in [2.45, 2.75) is 13.0 Å². The van der Waals surface area contributed by atoms with Gasteiger partial charge in [-0.15, -0.1) is 0 Å². The number of piperazine rings is 1. The minimum absolute atomic E-state index is 0.0299. The third-order valence-corrected chi connectivity index (χ3v) is 3.51. The fraction of sp³-hybridized carbons (Fsp3) is 0.429. The van der Waals surface area contributed by atoms with Gasteiger partial charge in [0, 0.05) is 32.2 Å². The van der Waals surface area contributed by atoms with Gasteiger partial charge in [-0.05, 0) is 31.3 Å². The van der Waals surface area contributed by atoms with Crippen LogP contribution in [0.15, 0.2) is 24.3 Å². The molecule has 108 valence electrons. The molecule has 0 spiro atoms. The molecule has 1 N–H and O–H groups in total. The van der Waals surface area contributed by atoms with Crippen molar-refractivity contribution in [2.75, 3.05) is 32.0 Å². The number of amides is 2. The molecule has 1 fully saturated rings. The van der Waals surface area contributed by atoms with Gasteiger partial charge in [0.15, 0.2) is 0 Å². The Morgan fingerprint density at radius 1 is 1.25 bits per heavy atom. The van der Waals surface area contributed by atoms with Crippen LogP contribution in [0.2, 0.25) is 0 Å². The summed E-state index contributed by atoms with van der Waals surface area (Å²) in [4.78, 5) is 27.2. The molecule has 1 heterocycles. The molecular weight excluding hydrogens is 261 g/mol. The minimum Gasteiger partial charge on any atom is -0.340 e. The van der Waals surface area contributed by atoms with Crippen LogP contribution in [-0.4, -0.2) is 54.3 Å². The Morgan fingerprint density at radius 3 is 2.50 bits per heavy atom. The van der Waals surface area contributed by atoms with Gasteiger partial charge >= 0.3 is 0 Å². The molecule has 1 atom stereocenters. The maximum Gasteiger partial charge on any atom is 0.243 e. The van der Waals surface area contributed by atoms with Crippen LogP contribution in [0.5, 0.6) is 0 Å². The standard InChI is InChI=1S/C14H18FN3O2/c1-10(19)18-8-7-17(2)13(9-18)14(20)16-12-5-3-11(15)4-6-12/h3-6,13H,7-9H2,1-2H3,(H,16,20)/t13-/m1/s1. The highest BCUT2D eigenvalue weighted by atomic mass is 19.1.